The zero-order valence-corrected chi connectivity index (χ0v) is 9.72. The van der Waals surface area contributed by atoms with Gasteiger partial charge in [-0.05, 0) is 28.8 Å². The van der Waals surface area contributed by atoms with Crippen molar-refractivity contribution in [1.29, 1.82) is 0 Å². The molecule has 3 rings (SSSR count). The molecule has 90 valence electrons. The van der Waals surface area contributed by atoms with Gasteiger partial charge in [0.2, 0.25) is 0 Å². The summed E-state index contributed by atoms with van der Waals surface area (Å²) in [7, 11) is 0. The summed E-state index contributed by atoms with van der Waals surface area (Å²) in [5, 5.41) is 9.24. The van der Waals surface area contributed by atoms with Crippen molar-refractivity contribution in [2.75, 3.05) is 6.61 Å². The first-order valence-corrected chi connectivity index (χ1v) is 5.84. The average Bonchev–Trinajstić information content (AvgIpc) is 2.86. The Morgan fingerprint density at radius 3 is 2.61 bits per heavy atom. The highest BCUT2D eigenvalue weighted by molar-refractivity contribution is 5.93. The molecule has 0 bridgehead atoms. The maximum absolute atomic E-state index is 11.3. The molecule has 0 atom stereocenters. The minimum Gasteiger partial charge on any atom is -0.492 e. The Hall–Kier alpha value is -2.29. The maximum Gasteiger partial charge on any atom is 0.339 e. The smallest absolute Gasteiger partial charge is 0.339 e. The SMILES string of the molecule is O=C(O)c1cc(-c2ccccc2)cc2c1OCC2. The van der Waals surface area contributed by atoms with Crippen molar-refractivity contribution in [3.8, 4) is 16.9 Å². The normalized spacial score (nSPS) is 12.9. The van der Waals surface area contributed by atoms with Crippen LogP contribution < -0.4 is 4.74 Å². The molecule has 1 aliphatic heterocycles. The topological polar surface area (TPSA) is 46.5 Å². The lowest BCUT2D eigenvalue weighted by molar-refractivity contribution is 0.0693. The summed E-state index contributed by atoms with van der Waals surface area (Å²) in [5.41, 5.74) is 3.18. The van der Waals surface area contributed by atoms with Crippen LogP contribution in [0.5, 0.6) is 5.75 Å². The van der Waals surface area contributed by atoms with Gasteiger partial charge in [-0.1, -0.05) is 30.3 Å². The molecule has 0 aromatic heterocycles. The third-order valence-corrected chi connectivity index (χ3v) is 3.12. The highest BCUT2D eigenvalue weighted by atomic mass is 16.5. The van der Waals surface area contributed by atoms with Gasteiger partial charge in [0, 0.05) is 6.42 Å². The van der Waals surface area contributed by atoms with Gasteiger partial charge < -0.3 is 9.84 Å². The molecule has 0 saturated heterocycles. The van der Waals surface area contributed by atoms with Gasteiger partial charge in [-0.25, -0.2) is 4.79 Å². The number of hydrogen-bond donors (Lipinski definition) is 1. The zero-order valence-electron chi connectivity index (χ0n) is 9.72. The minimum atomic E-state index is -0.939. The maximum atomic E-state index is 11.3. The highest BCUT2D eigenvalue weighted by Crippen LogP contribution is 2.34. The minimum absolute atomic E-state index is 0.254. The first-order valence-electron chi connectivity index (χ1n) is 5.84. The quantitative estimate of drug-likeness (QED) is 0.877. The van der Waals surface area contributed by atoms with E-state index in [1.54, 1.807) is 6.07 Å². The summed E-state index contributed by atoms with van der Waals surface area (Å²) >= 11 is 0. The fourth-order valence-electron chi connectivity index (χ4n) is 2.26. The van der Waals surface area contributed by atoms with E-state index in [9.17, 15) is 9.90 Å². The van der Waals surface area contributed by atoms with Crippen molar-refractivity contribution < 1.29 is 14.6 Å². The van der Waals surface area contributed by atoms with Crippen LogP contribution in [0.15, 0.2) is 42.5 Å². The van der Waals surface area contributed by atoms with Gasteiger partial charge in [-0.15, -0.1) is 0 Å². The number of carboxylic acid groups (broad SMARTS) is 1. The predicted molar refractivity (Wildman–Crippen MR) is 68.0 cm³/mol. The number of aromatic carboxylic acids is 1. The van der Waals surface area contributed by atoms with Gasteiger partial charge in [-0.2, -0.15) is 0 Å². The third-order valence-electron chi connectivity index (χ3n) is 3.12. The molecule has 1 N–H and O–H groups in total. The average molecular weight is 240 g/mol. The number of rotatable bonds is 2. The molecular formula is C15H12O3. The van der Waals surface area contributed by atoms with Crippen molar-refractivity contribution in [2.24, 2.45) is 0 Å². The molecule has 0 spiro atoms. The first-order chi connectivity index (χ1) is 8.75. The van der Waals surface area contributed by atoms with E-state index in [1.165, 1.54) is 0 Å². The lowest BCUT2D eigenvalue weighted by Crippen LogP contribution is -2.00. The monoisotopic (exact) mass is 240 g/mol. The van der Waals surface area contributed by atoms with Crippen LogP contribution >= 0.6 is 0 Å². The van der Waals surface area contributed by atoms with Gasteiger partial charge in [0.25, 0.3) is 0 Å². The Morgan fingerprint density at radius 1 is 1.11 bits per heavy atom. The van der Waals surface area contributed by atoms with Crippen LogP contribution in [0.2, 0.25) is 0 Å². The number of ether oxygens (including phenoxy) is 1. The Kier molecular flexibility index (Phi) is 2.52. The second-order valence-corrected chi connectivity index (χ2v) is 4.28. The van der Waals surface area contributed by atoms with E-state index in [0.29, 0.717) is 12.4 Å². The van der Waals surface area contributed by atoms with Crippen molar-refractivity contribution >= 4 is 5.97 Å². The van der Waals surface area contributed by atoms with Crippen LogP contribution in [0.4, 0.5) is 0 Å². The fraction of sp³-hybridized carbons (Fsp3) is 0.133. The van der Waals surface area contributed by atoms with E-state index in [-0.39, 0.29) is 5.56 Å². The van der Waals surface area contributed by atoms with Gasteiger partial charge in [0.1, 0.15) is 11.3 Å². The van der Waals surface area contributed by atoms with Crippen molar-refractivity contribution in [3.63, 3.8) is 0 Å². The summed E-state index contributed by atoms with van der Waals surface area (Å²) in [4.78, 5) is 11.3. The molecule has 18 heavy (non-hydrogen) atoms. The number of carboxylic acids is 1. The lowest BCUT2D eigenvalue weighted by atomic mass is 9.98. The van der Waals surface area contributed by atoms with Crippen molar-refractivity contribution in [2.45, 2.75) is 6.42 Å². The first kappa shape index (κ1) is 10.8. The lowest BCUT2D eigenvalue weighted by Gasteiger charge is -2.08. The summed E-state index contributed by atoms with van der Waals surface area (Å²) in [6.45, 7) is 0.563. The molecule has 3 heteroatoms. The molecule has 1 aliphatic rings. The Bertz CT molecular complexity index is 603. The number of benzene rings is 2. The van der Waals surface area contributed by atoms with Crippen LogP contribution in [0, 0.1) is 0 Å². The van der Waals surface area contributed by atoms with Crippen molar-refractivity contribution in [1.82, 2.24) is 0 Å². The van der Waals surface area contributed by atoms with Gasteiger partial charge in [0.15, 0.2) is 0 Å². The van der Waals surface area contributed by atoms with E-state index < -0.39 is 5.97 Å². The molecule has 0 amide bonds. The molecule has 1 heterocycles. The Balaban J connectivity index is 2.18. The van der Waals surface area contributed by atoms with Crippen LogP contribution in [0.3, 0.4) is 0 Å². The van der Waals surface area contributed by atoms with Crippen LogP contribution in [0.25, 0.3) is 11.1 Å². The van der Waals surface area contributed by atoms with E-state index >= 15 is 0 Å². The summed E-state index contributed by atoms with van der Waals surface area (Å²) in [5.74, 6) is -0.409. The molecule has 3 nitrogen and oxygen atoms in total. The van der Waals surface area contributed by atoms with Gasteiger partial charge in [0.05, 0.1) is 6.61 Å². The molecule has 0 fully saturated rings. The van der Waals surface area contributed by atoms with E-state index in [1.807, 2.05) is 36.4 Å². The number of fused-ring (bicyclic) bond motifs is 1. The van der Waals surface area contributed by atoms with E-state index in [4.69, 9.17) is 4.74 Å². The largest absolute Gasteiger partial charge is 0.492 e. The van der Waals surface area contributed by atoms with E-state index in [0.717, 1.165) is 23.1 Å². The van der Waals surface area contributed by atoms with Crippen molar-refractivity contribution in [3.05, 3.63) is 53.6 Å². The molecule has 2 aromatic carbocycles. The number of hydrogen-bond acceptors (Lipinski definition) is 2. The molecular weight excluding hydrogens is 228 g/mol. The second-order valence-electron chi connectivity index (χ2n) is 4.28. The summed E-state index contributed by atoms with van der Waals surface area (Å²) < 4.78 is 5.40. The van der Waals surface area contributed by atoms with Crippen LogP contribution in [-0.2, 0) is 6.42 Å². The van der Waals surface area contributed by atoms with Gasteiger partial charge in [-0.3, -0.25) is 0 Å². The Morgan fingerprint density at radius 2 is 1.89 bits per heavy atom. The molecule has 2 aromatic rings. The molecule has 0 unspecified atom stereocenters. The molecule has 0 aliphatic carbocycles. The summed E-state index contributed by atoms with van der Waals surface area (Å²) in [6, 6.07) is 13.5. The molecule has 0 saturated carbocycles. The van der Waals surface area contributed by atoms with E-state index in [2.05, 4.69) is 0 Å². The second kappa shape index (κ2) is 4.18. The number of carbonyl (C=O) groups is 1. The van der Waals surface area contributed by atoms with Gasteiger partial charge >= 0.3 is 5.97 Å². The zero-order chi connectivity index (χ0) is 12.5. The fourth-order valence-corrected chi connectivity index (χ4v) is 2.26. The van der Waals surface area contributed by atoms with Crippen LogP contribution in [0.1, 0.15) is 15.9 Å². The molecule has 0 radical (unpaired) electrons. The van der Waals surface area contributed by atoms with Crippen LogP contribution in [-0.4, -0.2) is 17.7 Å². The highest BCUT2D eigenvalue weighted by Gasteiger charge is 2.22. The predicted octanol–water partition coefficient (Wildman–Crippen LogP) is 2.99. The third kappa shape index (κ3) is 1.74. The Labute approximate surface area is 105 Å². The standard InChI is InChI=1S/C15H12O3/c16-15(17)13-9-12(10-4-2-1-3-5-10)8-11-6-7-18-14(11)13/h1-5,8-9H,6-7H2,(H,16,17). The summed E-state index contributed by atoms with van der Waals surface area (Å²) in [6.07, 6.45) is 0.774.